The minimum Gasteiger partial charge on any atom is -0.320 e. The van der Waals surface area contributed by atoms with Gasteiger partial charge >= 0.3 is 0 Å². The van der Waals surface area contributed by atoms with Crippen molar-refractivity contribution in [2.75, 3.05) is 18.4 Å². The molecule has 2 aromatic carbocycles. The van der Waals surface area contributed by atoms with Crippen molar-refractivity contribution in [2.45, 2.75) is 18.8 Å². The first-order chi connectivity index (χ1) is 14.0. The van der Waals surface area contributed by atoms with E-state index in [2.05, 4.69) is 15.7 Å². The van der Waals surface area contributed by atoms with Crippen LogP contribution in [0.3, 0.4) is 0 Å². The third-order valence-corrected chi connectivity index (χ3v) is 6.12. The lowest BCUT2D eigenvalue weighted by atomic mass is 9.91. The average molecular weight is 450 g/mol. The summed E-state index contributed by atoms with van der Waals surface area (Å²) >= 11 is 18.4. The van der Waals surface area contributed by atoms with Crippen LogP contribution in [0.15, 0.2) is 48.7 Å². The van der Waals surface area contributed by atoms with Gasteiger partial charge in [0.05, 0.1) is 38.9 Å². The van der Waals surface area contributed by atoms with E-state index in [1.54, 1.807) is 24.4 Å². The predicted octanol–water partition coefficient (Wildman–Crippen LogP) is 5.55. The van der Waals surface area contributed by atoms with E-state index < -0.39 is 0 Å². The molecule has 1 saturated heterocycles. The molecular formula is C21H19Cl3N4O. The van der Waals surface area contributed by atoms with E-state index in [0.717, 1.165) is 37.3 Å². The molecule has 5 nitrogen and oxygen atoms in total. The number of benzene rings is 2. The second-order valence-electron chi connectivity index (χ2n) is 6.91. The second-order valence-corrected chi connectivity index (χ2v) is 8.13. The van der Waals surface area contributed by atoms with Crippen LogP contribution in [-0.4, -0.2) is 28.8 Å². The average Bonchev–Trinajstić information content (AvgIpc) is 3.18. The lowest BCUT2D eigenvalue weighted by Crippen LogP contribution is -2.29. The molecule has 1 aromatic heterocycles. The van der Waals surface area contributed by atoms with Gasteiger partial charge < -0.3 is 10.6 Å². The lowest BCUT2D eigenvalue weighted by Gasteiger charge is -2.24. The van der Waals surface area contributed by atoms with Crippen LogP contribution in [-0.2, 0) is 0 Å². The number of carbonyl (C=O) groups excluding carboxylic acids is 1. The summed E-state index contributed by atoms with van der Waals surface area (Å²) in [6.45, 7) is 1.80. The van der Waals surface area contributed by atoms with Crippen molar-refractivity contribution in [3.8, 4) is 5.69 Å². The normalized spacial score (nSPS) is 14.7. The molecule has 150 valence electrons. The van der Waals surface area contributed by atoms with Crippen LogP contribution in [0, 0.1) is 0 Å². The zero-order valence-corrected chi connectivity index (χ0v) is 17.7. The van der Waals surface area contributed by atoms with E-state index in [4.69, 9.17) is 34.8 Å². The predicted molar refractivity (Wildman–Crippen MR) is 118 cm³/mol. The van der Waals surface area contributed by atoms with Crippen LogP contribution in [0.25, 0.3) is 5.69 Å². The van der Waals surface area contributed by atoms with E-state index in [0.29, 0.717) is 26.3 Å². The first kappa shape index (κ1) is 20.2. The minimum absolute atomic E-state index is 0.213. The quantitative estimate of drug-likeness (QED) is 0.549. The zero-order chi connectivity index (χ0) is 20.4. The fraction of sp³-hybridized carbons (Fsp3) is 0.238. The number of anilines is 1. The number of aromatic nitrogens is 2. The number of rotatable bonds is 4. The Bertz CT molecular complexity index is 1030. The number of hydrogen-bond acceptors (Lipinski definition) is 3. The molecule has 0 radical (unpaired) electrons. The number of hydrogen-bond donors (Lipinski definition) is 2. The molecule has 1 aliphatic rings. The van der Waals surface area contributed by atoms with E-state index in [-0.39, 0.29) is 11.8 Å². The van der Waals surface area contributed by atoms with Gasteiger partial charge in [-0.3, -0.25) is 4.79 Å². The van der Waals surface area contributed by atoms with Crippen LogP contribution in [0.2, 0.25) is 15.1 Å². The number of carbonyl (C=O) groups is 1. The van der Waals surface area contributed by atoms with Gasteiger partial charge in [-0.25, -0.2) is 4.68 Å². The standard InChI is InChI=1S/C21H19Cl3N4O/c22-14-4-6-15(7-5-14)28-20(13-8-10-25-11-9-13)16(12-26-28)21(29)27-18-3-1-2-17(23)19(18)24/h1-7,12-13,25H,8-11H2,(H,27,29). The summed E-state index contributed by atoms with van der Waals surface area (Å²) in [5, 5.41) is 12.1. The van der Waals surface area contributed by atoms with Gasteiger partial charge in [-0.05, 0) is 62.3 Å². The summed E-state index contributed by atoms with van der Waals surface area (Å²) in [5.41, 5.74) is 2.76. The fourth-order valence-corrected chi connectivity index (χ4v) is 4.07. The topological polar surface area (TPSA) is 59.0 Å². The maximum absolute atomic E-state index is 13.1. The zero-order valence-electron chi connectivity index (χ0n) is 15.5. The number of nitrogens with zero attached hydrogens (tertiary/aromatic N) is 2. The summed E-state index contributed by atoms with van der Waals surface area (Å²) in [6.07, 6.45) is 3.47. The van der Waals surface area contributed by atoms with Gasteiger partial charge in [-0.1, -0.05) is 40.9 Å². The second kappa shape index (κ2) is 8.76. The molecule has 4 rings (SSSR count). The van der Waals surface area contributed by atoms with Crippen LogP contribution in [0.5, 0.6) is 0 Å². The SMILES string of the molecule is O=C(Nc1cccc(Cl)c1Cl)c1cnn(-c2ccc(Cl)cc2)c1C1CCNCC1. The largest absolute Gasteiger partial charge is 0.320 e. The molecule has 0 bridgehead atoms. The van der Waals surface area contributed by atoms with Crippen LogP contribution < -0.4 is 10.6 Å². The van der Waals surface area contributed by atoms with Gasteiger partial charge in [0.15, 0.2) is 0 Å². The highest BCUT2D eigenvalue weighted by Gasteiger charge is 2.27. The molecule has 0 atom stereocenters. The summed E-state index contributed by atoms with van der Waals surface area (Å²) in [7, 11) is 0. The third kappa shape index (κ3) is 4.28. The fourth-order valence-electron chi connectivity index (χ4n) is 3.60. The highest BCUT2D eigenvalue weighted by molar-refractivity contribution is 6.44. The third-order valence-electron chi connectivity index (χ3n) is 5.05. The smallest absolute Gasteiger partial charge is 0.259 e. The lowest BCUT2D eigenvalue weighted by molar-refractivity contribution is 0.102. The highest BCUT2D eigenvalue weighted by Crippen LogP contribution is 2.33. The summed E-state index contributed by atoms with van der Waals surface area (Å²) < 4.78 is 1.83. The number of nitrogens with one attached hydrogen (secondary N) is 2. The van der Waals surface area contributed by atoms with Crippen molar-refractivity contribution in [1.29, 1.82) is 0 Å². The monoisotopic (exact) mass is 448 g/mol. The molecular weight excluding hydrogens is 431 g/mol. The van der Waals surface area contributed by atoms with Gasteiger partial charge in [0.1, 0.15) is 0 Å². The van der Waals surface area contributed by atoms with Crippen LogP contribution in [0.1, 0.15) is 34.8 Å². The van der Waals surface area contributed by atoms with Crippen molar-refractivity contribution in [3.05, 3.63) is 75.0 Å². The van der Waals surface area contributed by atoms with Crippen LogP contribution in [0.4, 0.5) is 5.69 Å². The molecule has 0 saturated carbocycles. The molecule has 29 heavy (non-hydrogen) atoms. The van der Waals surface area contributed by atoms with E-state index in [1.807, 2.05) is 28.9 Å². The Morgan fingerprint density at radius 3 is 2.52 bits per heavy atom. The molecule has 2 heterocycles. The molecule has 1 amide bonds. The van der Waals surface area contributed by atoms with Crippen molar-refractivity contribution in [3.63, 3.8) is 0 Å². The minimum atomic E-state index is -0.261. The molecule has 1 fully saturated rings. The Labute approximate surface area is 184 Å². The molecule has 0 aliphatic carbocycles. The van der Waals surface area contributed by atoms with Gasteiger partial charge in [0.25, 0.3) is 5.91 Å². The molecule has 1 aliphatic heterocycles. The molecule has 8 heteroatoms. The van der Waals surface area contributed by atoms with Crippen molar-refractivity contribution >= 4 is 46.4 Å². The Hall–Kier alpha value is -2.05. The van der Waals surface area contributed by atoms with E-state index >= 15 is 0 Å². The molecule has 3 aromatic rings. The molecule has 0 spiro atoms. The van der Waals surface area contributed by atoms with Crippen molar-refractivity contribution in [2.24, 2.45) is 0 Å². The molecule has 0 unspecified atom stereocenters. The van der Waals surface area contributed by atoms with Crippen molar-refractivity contribution in [1.82, 2.24) is 15.1 Å². The van der Waals surface area contributed by atoms with Crippen LogP contribution >= 0.6 is 34.8 Å². The Kier molecular flexibility index (Phi) is 6.11. The maximum atomic E-state index is 13.1. The maximum Gasteiger partial charge on any atom is 0.259 e. The van der Waals surface area contributed by atoms with Gasteiger partial charge in [-0.15, -0.1) is 0 Å². The number of piperidine rings is 1. The summed E-state index contributed by atoms with van der Waals surface area (Å²) in [6, 6.07) is 12.6. The van der Waals surface area contributed by atoms with Gasteiger partial charge in [0, 0.05) is 10.9 Å². The Morgan fingerprint density at radius 1 is 1.07 bits per heavy atom. The van der Waals surface area contributed by atoms with Crippen molar-refractivity contribution < 1.29 is 4.79 Å². The van der Waals surface area contributed by atoms with Gasteiger partial charge in [0.2, 0.25) is 0 Å². The summed E-state index contributed by atoms with van der Waals surface area (Å²) in [4.78, 5) is 13.1. The highest BCUT2D eigenvalue weighted by atomic mass is 35.5. The van der Waals surface area contributed by atoms with E-state index in [9.17, 15) is 4.79 Å². The Balaban J connectivity index is 1.73. The molecule has 2 N–H and O–H groups in total. The van der Waals surface area contributed by atoms with E-state index in [1.165, 1.54) is 0 Å². The summed E-state index contributed by atoms with van der Waals surface area (Å²) in [5.74, 6) is -0.0482. The number of amides is 1. The van der Waals surface area contributed by atoms with Gasteiger partial charge in [-0.2, -0.15) is 5.10 Å². The first-order valence-electron chi connectivity index (χ1n) is 9.34. The first-order valence-corrected chi connectivity index (χ1v) is 10.5. The Morgan fingerprint density at radius 2 is 1.79 bits per heavy atom. The number of halogens is 3.